The van der Waals surface area contributed by atoms with Crippen LogP contribution in [-0.2, 0) is 7.05 Å². The van der Waals surface area contributed by atoms with Gasteiger partial charge in [-0.25, -0.2) is 0 Å². The molecule has 0 aliphatic heterocycles. The van der Waals surface area contributed by atoms with Crippen LogP contribution in [0.5, 0.6) is 0 Å². The first-order valence-electron chi connectivity index (χ1n) is 5.87. The first-order chi connectivity index (χ1) is 9.16. The van der Waals surface area contributed by atoms with Gasteiger partial charge in [0.1, 0.15) is 0 Å². The number of halogens is 1. The van der Waals surface area contributed by atoms with E-state index in [1.54, 1.807) is 10.9 Å². The summed E-state index contributed by atoms with van der Waals surface area (Å²) in [5.74, 6) is 0. The highest BCUT2D eigenvalue weighted by Crippen LogP contribution is 2.33. The van der Waals surface area contributed by atoms with Crippen LogP contribution in [0.25, 0.3) is 16.9 Å². The molecule has 96 valence electrons. The molecule has 2 heterocycles. The Balaban J connectivity index is 2.16. The van der Waals surface area contributed by atoms with Crippen LogP contribution < -0.4 is 5.73 Å². The van der Waals surface area contributed by atoms with Crippen molar-refractivity contribution in [2.75, 3.05) is 5.73 Å². The zero-order valence-corrected chi connectivity index (χ0v) is 11.2. The van der Waals surface area contributed by atoms with Crippen molar-refractivity contribution in [1.82, 2.24) is 14.3 Å². The second-order valence-corrected chi connectivity index (χ2v) is 4.73. The predicted molar refractivity (Wildman–Crippen MR) is 77.4 cm³/mol. The maximum Gasteiger partial charge on any atom is 0.0696 e. The van der Waals surface area contributed by atoms with E-state index in [0.29, 0.717) is 10.7 Å². The van der Waals surface area contributed by atoms with Crippen LogP contribution in [0.15, 0.2) is 48.9 Å². The normalized spacial score (nSPS) is 10.8. The summed E-state index contributed by atoms with van der Waals surface area (Å²) in [5, 5.41) is 4.80. The van der Waals surface area contributed by atoms with Crippen LogP contribution >= 0.6 is 11.6 Å². The number of hydrogen-bond acceptors (Lipinski definition) is 2. The third kappa shape index (κ3) is 2.00. The van der Waals surface area contributed by atoms with Gasteiger partial charge in [-0.2, -0.15) is 5.10 Å². The van der Waals surface area contributed by atoms with E-state index in [0.717, 1.165) is 16.9 Å². The molecule has 1 aromatic carbocycles. The molecule has 0 atom stereocenters. The van der Waals surface area contributed by atoms with Crippen molar-refractivity contribution in [2.45, 2.75) is 0 Å². The highest BCUT2D eigenvalue weighted by molar-refractivity contribution is 6.33. The van der Waals surface area contributed by atoms with Gasteiger partial charge >= 0.3 is 0 Å². The molecule has 0 radical (unpaired) electrons. The lowest BCUT2D eigenvalue weighted by molar-refractivity contribution is 0.776. The summed E-state index contributed by atoms with van der Waals surface area (Å²) in [4.78, 5) is 0. The smallest absolute Gasteiger partial charge is 0.0696 e. The quantitative estimate of drug-likeness (QED) is 0.729. The van der Waals surface area contributed by atoms with E-state index in [9.17, 15) is 0 Å². The summed E-state index contributed by atoms with van der Waals surface area (Å²) in [6, 6.07) is 9.56. The Bertz CT molecular complexity index is 713. The fraction of sp³-hybridized carbons (Fsp3) is 0.0714. The standard InChI is InChI=1S/C14H13ClN4/c1-18-13(4-5-17-18)10-8-12(16)14(9-11(10)15)19-6-2-3-7-19/h2-9H,16H2,1H3. The van der Waals surface area contributed by atoms with Crippen molar-refractivity contribution in [2.24, 2.45) is 7.05 Å². The first kappa shape index (κ1) is 11.9. The third-order valence-electron chi connectivity index (χ3n) is 3.10. The van der Waals surface area contributed by atoms with Gasteiger partial charge in [-0.15, -0.1) is 0 Å². The van der Waals surface area contributed by atoms with Crippen LogP contribution in [-0.4, -0.2) is 14.3 Å². The maximum atomic E-state index is 6.37. The van der Waals surface area contributed by atoms with Gasteiger partial charge in [0.05, 0.1) is 22.1 Å². The largest absolute Gasteiger partial charge is 0.397 e. The number of aromatic nitrogens is 3. The molecule has 19 heavy (non-hydrogen) atoms. The van der Waals surface area contributed by atoms with Gasteiger partial charge in [0.2, 0.25) is 0 Å². The SMILES string of the molecule is Cn1nccc1-c1cc(N)c(-n2cccc2)cc1Cl. The average molecular weight is 273 g/mol. The van der Waals surface area contributed by atoms with E-state index < -0.39 is 0 Å². The number of nitrogens with zero attached hydrogens (tertiary/aromatic N) is 3. The molecule has 5 heteroatoms. The molecular formula is C14H13ClN4. The molecule has 0 unspecified atom stereocenters. The Kier molecular flexibility index (Phi) is 2.80. The molecule has 2 aromatic heterocycles. The number of nitrogens with two attached hydrogens (primary N) is 1. The monoisotopic (exact) mass is 272 g/mol. The van der Waals surface area contributed by atoms with E-state index in [2.05, 4.69) is 5.10 Å². The Morgan fingerprint density at radius 3 is 2.58 bits per heavy atom. The number of benzene rings is 1. The van der Waals surface area contributed by atoms with Crippen molar-refractivity contribution in [3.05, 3.63) is 53.9 Å². The van der Waals surface area contributed by atoms with Gasteiger partial charge in [-0.1, -0.05) is 11.6 Å². The van der Waals surface area contributed by atoms with Crippen molar-refractivity contribution in [3.8, 4) is 16.9 Å². The van der Waals surface area contributed by atoms with E-state index in [1.807, 2.05) is 54.3 Å². The summed E-state index contributed by atoms with van der Waals surface area (Å²) >= 11 is 6.37. The number of aryl methyl sites for hydroxylation is 1. The zero-order valence-electron chi connectivity index (χ0n) is 10.4. The molecule has 0 saturated carbocycles. The van der Waals surface area contributed by atoms with E-state index >= 15 is 0 Å². The number of nitrogen functional groups attached to an aromatic ring is 1. The average Bonchev–Trinajstić information content (AvgIpc) is 3.03. The first-order valence-corrected chi connectivity index (χ1v) is 6.25. The van der Waals surface area contributed by atoms with Crippen LogP contribution in [0, 0.1) is 0 Å². The summed E-state index contributed by atoms with van der Waals surface area (Å²) in [6.45, 7) is 0. The molecule has 0 aliphatic rings. The number of anilines is 1. The van der Waals surface area contributed by atoms with Crippen molar-refractivity contribution >= 4 is 17.3 Å². The second-order valence-electron chi connectivity index (χ2n) is 4.32. The van der Waals surface area contributed by atoms with Gasteiger partial charge in [0, 0.05) is 31.2 Å². The van der Waals surface area contributed by atoms with Crippen molar-refractivity contribution in [1.29, 1.82) is 0 Å². The van der Waals surface area contributed by atoms with Gasteiger partial charge in [-0.05, 0) is 30.3 Å². The van der Waals surface area contributed by atoms with E-state index in [-0.39, 0.29) is 0 Å². The molecule has 0 aliphatic carbocycles. The molecule has 0 fully saturated rings. The Morgan fingerprint density at radius 2 is 1.95 bits per heavy atom. The van der Waals surface area contributed by atoms with Gasteiger partial charge in [-0.3, -0.25) is 4.68 Å². The lowest BCUT2D eigenvalue weighted by atomic mass is 10.1. The molecule has 3 aromatic rings. The lowest BCUT2D eigenvalue weighted by Gasteiger charge is -2.12. The van der Waals surface area contributed by atoms with Crippen LogP contribution in [0.3, 0.4) is 0 Å². The van der Waals surface area contributed by atoms with Gasteiger partial charge in [0.15, 0.2) is 0 Å². The number of hydrogen-bond donors (Lipinski definition) is 1. The third-order valence-corrected chi connectivity index (χ3v) is 3.41. The topological polar surface area (TPSA) is 48.8 Å². The molecule has 3 rings (SSSR count). The van der Waals surface area contributed by atoms with Gasteiger partial charge < -0.3 is 10.3 Å². The van der Waals surface area contributed by atoms with Crippen LogP contribution in [0.2, 0.25) is 5.02 Å². The Hall–Kier alpha value is -2.20. The van der Waals surface area contributed by atoms with Crippen molar-refractivity contribution < 1.29 is 0 Å². The van der Waals surface area contributed by atoms with E-state index in [1.165, 1.54) is 0 Å². The number of rotatable bonds is 2. The fourth-order valence-corrected chi connectivity index (χ4v) is 2.39. The lowest BCUT2D eigenvalue weighted by Crippen LogP contribution is -2.00. The Labute approximate surface area is 116 Å². The fourth-order valence-electron chi connectivity index (χ4n) is 2.13. The molecular weight excluding hydrogens is 260 g/mol. The molecule has 0 spiro atoms. The van der Waals surface area contributed by atoms with Crippen LogP contribution in [0.1, 0.15) is 0 Å². The molecule has 0 amide bonds. The van der Waals surface area contributed by atoms with Crippen molar-refractivity contribution in [3.63, 3.8) is 0 Å². The highest BCUT2D eigenvalue weighted by atomic mass is 35.5. The minimum absolute atomic E-state index is 0.654. The summed E-state index contributed by atoms with van der Waals surface area (Å²) < 4.78 is 3.71. The molecule has 0 saturated heterocycles. The highest BCUT2D eigenvalue weighted by Gasteiger charge is 2.11. The minimum Gasteiger partial charge on any atom is -0.397 e. The molecule has 2 N–H and O–H groups in total. The summed E-state index contributed by atoms with van der Waals surface area (Å²) in [5.41, 5.74) is 9.51. The zero-order chi connectivity index (χ0) is 13.4. The van der Waals surface area contributed by atoms with E-state index in [4.69, 9.17) is 17.3 Å². The summed E-state index contributed by atoms with van der Waals surface area (Å²) in [7, 11) is 1.88. The predicted octanol–water partition coefficient (Wildman–Crippen LogP) is 3.11. The minimum atomic E-state index is 0.654. The molecule has 4 nitrogen and oxygen atoms in total. The van der Waals surface area contributed by atoms with Gasteiger partial charge in [0.25, 0.3) is 0 Å². The second kappa shape index (κ2) is 4.48. The summed E-state index contributed by atoms with van der Waals surface area (Å²) in [6.07, 6.45) is 5.61. The molecule has 0 bridgehead atoms. The Morgan fingerprint density at radius 1 is 1.21 bits per heavy atom. The maximum absolute atomic E-state index is 6.37. The van der Waals surface area contributed by atoms with Crippen LogP contribution in [0.4, 0.5) is 5.69 Å².